The van der Waals surface area contributed by atoms with Gasteiger partial charge < -0.3 is 14.1 Å². The molecule has 138 valence electrons. The molecule has 1 aromatic heterocycles. The number of hydrogen-bond acceptors (Lipinski definition) is 5. The van der Waals surface area contributed by atoms with Crippen molar-refractivity contribution in [2.24, 2.45) is 5.92 Å². The summed E-state index contributed by atoms with van der Waals surface area (Å²) in [5, 5.41) is 0. The smallest absolute Gasteiger partial charge is 0.341 e. The number of carbonyl (C=O) groups is 1. The topological polar surface area (TPSA) is 45.9 Å². The van der Waals surface area contributed by atoms with Gasteiger partial charge in [0.1, 0.15) is 11.3 Å². The van der Waals surface area contributed by atoms with Crippen molar-refractivity contribution in [1.82, 2.24) is 4.90 Å². The molecule has 0 atom stereocenters. The van der Waals surface area contributed by atoms with Crippen molar-refractivity contribution in [2.75, 3.05) is 38.2 Å². The zero-order valence-electron chi connectivity index (χ0n) is 15.3. The molecule has 2 aromatic rings. The van der Waals surface area contributed by atoms with Crippen LogP contribution in [0.5, 0.6) is 0 Å². The Morgan fingerprint density at radius 1 is 1.19 bits per heavy atom. The summed E-state index contributed by atoms with van der Waals surface area (Å²) >= 11 is 0. The zero-order valence-corrected chi connectivity index (χ0v) is 15.3. The second-order valence-electron chi connectivity index (χ2n) is 7.29. The van der Waals surface area contributed by atoms with E-state index in [1.807, 2.05) is 0 Å². The standard InChI is InChI=1S/C21H26N2O3/c1-25-21(24)18-9-13-26-20(18)15-22-10-6-16(7-11-22)14-23-12-8-17-4-2-3-5-19(17)23/h2-5,9,13,16H,6-8,10-12,14-15H2,1H3. The van der Waals surface area contributed by atoms with Gasteiger partial charge in [-0.2, -0.15) is 0 Å². The third-order valence-corrected chi connectivity index (χ3v) is 5.69. The molecule has 0 radical (unpaired) electrons. The number of fused-ring (bicyclic) bond motifs is 1. The van der Waals surface area contributed by atoms with Gasteiger partial charge in [0, 0.05) is 18.8 Å². The van der Waals surface area contributed by atoms with Crippen LogP contribution in [0.15, 0.2) is 41.0 Å². The van der Waals surface area contributed by atoms with Gasteiger partial charge in [0.2, 0.25) is 0 Å². The maximum absolute atomic E-state index is 11.8. The van der Waals surface area contributed by atoms with E-state index >= 15 is 0 Å². The highest BCUT2D eigenvalue weighted by Crippen LogP contribution is 2.30. The van der Waals surface area contributed by atoms with Crippen LogP contribution in [-0.4, -0.2) is 44.2 Å². The Morgan fingerprint density at radius 3 is 2.81 bits per heavy atom. The maximum Gasteiger partial charge on any atom is 0.341 e. The van der Waals surface area contributed by atoms with Crippen LogP contribution in [0.3, 0.4) is 0 Å². The SMILES string of the molecule is COC(=O)c1ccoc1CN1CCC(CN2CCc3ccccc32)CC1. The molecular formula is C21H26N2O3. The van der Waals surface area contributed by atoms with Crippen LogP contribution < -0.4 is 4.90 Å². The fourth-order valence-corrected chi connectivity index (χ4v) is 4.19. The zero-order chi connectivity index (χ0) is 17.9. The summed E-state index contributed by atoms with van der Waals surface area (Å²) in [5.74, 6) is 1.12. The monoisotopic (exact) mass is 354 g/mol. The Kier molecular flexibility index (Phi) is 4.98. The number of carbonyl (C=O) groups excluding carboxylic acids is 1. The lowest BCUT2D eigenvalue weighted by Crippen LogP contribution is -2.38. The molecule has 5 nitrogen and oxygen atoms in total. The molecule has 0 spiro atoms. The van der Waals surface area contributed by atoms with E-state index in [1.54, 1.807) is 12.3 Å². The molecule has 5 heteroatoms. The van der Waals surface area contributed by atoms with Crippen molar-refractivity contribution in [2.45, 2.75) is 25.8 Å². The van der Waals surface area contributed by atoms with Crippen LogP contribution in [0.2, 0.25) is 0 Å². The van der Waals surface area contributed by atoms with E-state index in [0.717, 1.165) is 32.1 Å². The molecule has 3 heterocycles. The van der Waals surface area contributed by atoms with Crippen LogP contribution in [0.4, 0.5) is 5.69 Å². The van der Waals surface area contributed by atoms with E-state index in [2.05, 4.69) is 34.1 Å². The summed E-state index contributed by atoms with van der Waals surface area (Å²) in [6, 6.07) is 10.5. The quantitative estimate of drug-likeness (QED) is 0.771. The number of anilines is 1. The van der Waals surface area contributed by atoms with Crippen LogP contribution in [0.25, 0.3) is 0 Å². The molecule has 0 saturated carbocycles. The van der Waals surface area contributed by atoms with Crippen molar-refractivity contribution in [3.8, 4) is 0 Å². The summed E-state index contributed by atoms with van der Waals surface area (Å²) in [4.78, 5) is 16.7. The number of para-hydroxylation sites is 1. The molecule has 4 rings (SSSR count). The minimum atomic E-state index is -0.323. The van der Waals surface area contributed by atoms with E-state index in [-0.39, 0.29) is 5.97 Å². The molecule has 0 bridgehead atoms. The first kappa shape index (κ1) is 17.2. The first-order chi connectivity index (χ1) is 12.7. The van der Waals surface area contributed by atoms with E-state index in [0.29, 0.717) is 17.9 Å². The fourth-order valence-electron chi connectivity index (χ4n) is 4.19. The minimum absolute atomic E-state index is 0.323. The van der Waals surface area contributed by atoms with Gasteiger partial charge in [-0.3, -0.25) is 4.90 Å². The van der Waals surface area contributed by atoms with Crippen LogP contribution in [0.1, 0.15) is 34.5 Å². The molecule has 0 N–H and O–H groups in total. The fraction of sp³-hybridized carbons (Fsp3) is 0.476. The highest BCUT2D eigenvalue weighted by molar-refractivity contribution is 5.90. The second kappa shape index (κ2) is 7.54. The summed E-state index contributed by atoms with van der Waals surface area (Å²) in [6.07, 6.45) is 5.11. The van der Waals surface area contributed by atoms with Gasteiger partial charge in [0.25, 0.3) is 0 Å². The number of furan rings is 1. The number of esters is 1. The number of rotatable bonds is 5. The molecule has 1 aromatic carbocycles. The lowest BCUT2D eigenvalue weighted by atomic mass is 9.96. The average molecular weight is 354 g/mol. The number of ether oxygens (including phenoxy) is 1. The Balaban J connectivity index is 1.30. The van der Waals surface area contributed by atoms with Crippen molar-refractivity contribution in [3.05, 3.63) is 53.5 Å². The van der Waals surface area contributed by atoms with E-state index < -0.39 is 0 Å². The highest BCUT2D eigenvalue weighted by Gasteiger charge is 2.26. The number of benzene rings is 1. The predicted molar refractivity (Wildman–Crippen MR) is 100 cm³/mol. The van der Waals surface area contributed by atoms with Gasteiger partial charge in [0.15, 0.2) is 0 Å². The van der Waals surface area contributed by atoms with Crippen molar-refractivity contribution < 1.29 is 13.9 Å². The Hall–Kier alpha value is -2.27. The Labute approximate surface area is 154 Å². The molecule has 2 aliphatic rings. The lowest BCUT2D eigenvalue weighted by molar-refractivity contribution is 0.0595. The number of piperidine rings is 1. The summed E-state index contributed by atoms with van der Waals surface area (Å²) in [6.45, 7) is 5.06. The van der Waals surface area contributed by atoms with Gasteiger partial charge >= 0.3 is 5.97 Å². The Bertz CT molecular complexity index is 762. The summed E-state index contributed by atoms with van der Waals surface area (Å²) in [5.41, 5.74) is 3.45. The highest BCUT2D eigenvalue weighted by atomic mass is 16.5. The normalized spacial score (nSPS) is 18.1. The van der Waals surface area contributed by atoms with Gasteiger partial charge in [0.05, 0.1) is 19.9 Å². The average Bonchev–Trinajstić information content (AvgIpc) is 3.30. The molecule has 0 aliphatic carbocycles. The minimum Gasteiger partial charge on any atom is -0.467 e. The number of hydrogen-bond donors (Lipinski definition) is 0. The van der Waals surface area contributed by atoms with Gasteiger partial charge in [-0.15, -0.1) is 0 Å². The largest absolute Gasteiger partial charge is 0.467 e. The molecular weight excluding hydrogens is 328 g/mol. The molecule has 0 unspecified atom stereocenters. The molecule has 2 aliphatic heterocycles. The van der Waals surface area contributed by atoms with Gasteiger partial charge in [-0.25, -0.2) is 4.79 Å². The van der Waals surface area contributed by atoms with E-state index in [4.69, 9.17) is 9.15 Å². The molecule has 1 fully saturated rings. The number of nitrogens with zero attached hydrogens (tertiary/aromatic N) is 2. The van der Waals surface area contributed by atoms with E-state index in [9.17, 15) is 4.79 Å². The van der Waals surface area contributed by atoms with Crippen molar-refractivity contribution in [3.63, 3.8) is 0 Å². The number of methoxy groups -OCH3 is 1. The van der Waals surface area contributed by atoms with E-state index in [1.165, 1.54) is 37.6 Å². The lowest BCUT2D eigenvalue weighted by Gasteiger charge is -2.34. The molecule has 1 saturated heterocycles. The maximum atomic E-state index is 11.8. The predicted octanol–water partition coefficient (Wildman–Crippen LogP) is 3.34. The van der Waals surface area contributed by atoms with Crippen LogP contribution >= 0.6 is 0 Å². The molecule has 26 heavy (non-hydrogen) atoms. The second-order valence-corrected chi connectivity index (χ2v) is 7.29. The van der Waals surface area contributed by atoms with Gasteiger partial charge in [-0.1, -0.05) is 18.2 Å². The van der Waals surface area contributed by atoms with Crippen molar-refractivity contribution >= 4 is 11.7 Å². The Morgan fingerprint density at radius 2 is 2.00 bits per heavy atom. The number of likely N-dealkylation sites (tertiary alicyclic amines) is 1. The summed E-state index contributed by atoms with van der Waals surface area (Å²) < 4.78 is 10.3. The third-order valence-electron chi connectivity index (χ3n) is 5.69. The first-order valence-corrected chi connectivity index (χ1v) is 9.44. The first-order valence-electron chi connectivity index (χ1n) is 9.44. The van der Waals surface area contributed by atoms with Crippen LogP contribution in [-0.2, 0) is 17.7 Å². The van der Waals surface area contributed by atoms with Crippen molar-refractivity contribution in [1.29, 1.82) is 0 Å². The molecule has 0 amide bonds. The van der Waals surface area contributed by atoms with Crippen LogP contribution in [0, 0.1) is 5.92 Å². The summed E-state index contributed by atoms with van der Waals surface area (Å²) in [7, 11) is 1.40. The van der Waals surface area contributed by atoms with Gasteiger partial charge in [-0.05, 0) is 56.0 Å². The third kappa shape index (κ3) is 3.49.